The van der Waals surface area contributed by atoms with E-state index in [0.29, 0.717) is 71.2 Å². The van der Waals surface area contributed by atoms with Crippen LogP contribution in [0.25, 0.3) is 22.3 Å². The summed E-state index contributed by atoms with van der Waals surface area (Å²) in [4.78, 5) is 63.5. The second-order valence-corrected chi connectivity index (χ2v) is 24.1. The topological polar surface area (TPSA) is 186 Å². The first-order valence-electron chi connectivity index (χ1n) is 28.3. The molecular formula is C64H70F6N8O8. The van der Waals surface area contributed by atoms with Crippen molar-refractivity contribution in [2.45, 2.75) is 128 Å². The van der Waals surface area contributed by atoms with Gasteiger partial charge in [-0.3, -0.25) is 19.6 Å². The van der Waals surface area contributed by atoms with Crippen LogP contribution in [0.5, 0.6) is 0 Å². The number of benzene rings is 4. The fraction of sp³-hybridized carbons (Fsp3) is 0.406. The second kappa shape index (κ2) is 24.6. The maximum Gasteiger partial charge on any atom is 0.416 e. The Balaban J connectivity index is 0.000000205. The molecule has 86 heavy (non-hydrogen) atoms. The Bertz CT molecular complexity index is 3210. The van der Waals surface area contributed by atoms with E-state index in [0.717, 1.165) is 72.7 Å². The molecule has 4 saturated heterocycles. The van der Waals surface area contributed by atoms with E-state index in [9.17, 15) is 45.5 Å². The van der Waals surface area contributed by atoms with Crippen LogP contribution in [0.2, 0.25) is 0 Å². The van der Waals surface area contributed by atoms with Crippen LogP contribution in [0.1, 0.15) is 135 Å². The number of nitrogens with zero attached hydrogens (tertiary/aromatic N) is 4. The lowest BCUT2D eigenvalue weighted by molar-refractivity contribution is -0.138. The van der Waals surface area contributed by atoms with Crippen molar-refractivity contribution in [1.82, 2.24) is 31.2 Å². The molecule has 0 saturated carbocycles. The van der Waals surface area contributed by atoms with E-state index in [1.807, 2.05) is 26.0 Å². The lowest BCUT2D eigenvalue weighted by Gasteiger charge is -2.58. The third kappa shape index (κ3) is 14.7. The van der Waals surface area contributed by atoms with Crippen LogP contribution in [0.4, 0.5) is 47.3 Å². The molecule has 16 nitrogen and oxygen atoms in total. The van der Waals surface area contributed by atoms with Crippen molar-refractivity contribution in [3.8, 4) is 22.3 Å². The number of carbonyl (C=O) groups is 4. The number of carbonyl (C=O) groups excluding carboxylic acids is 4. The summed E-state index contributed by atoms with van der Waals surface area (Å²) in [6.07, 6.45) is -5.02. The predicted molar refractivity (Wildman–Crippen MR) is 311 cm³/mol. The molecule has 4 fully saturated rings. The van der Waals surface area contributed by atoms with Crippen molar-refractivity contribution >= 4 is 35.4 Å². The first-order chi connectivity index (χ1) is 40.5. The molecule has 0 radical (unpaired) electrons. The van der Waals surface area contributed by atoms with Crippen LogP contribution in [0, 0.1) is 0 Å². The summed E-state index contributed by atoms with van der Waals surface area (Å²) in [7, 11) is 0. The van der Waals surface area contributed by atoms with Gasteiger partial charge in [-0.15, -0.1) is 0 Å². The Morgan fingerprint density at radius 3 is 1.19 bits per heavy atom. The van der Waals surface area contributed by atoms with Gasteiger partial charge < -0.3 is 50.0 Å². The molecule has 6 heterocycles. The summed E-state index contributed by atoms with van der Waals surface area (Å²) in [5.74, 6) is -0.655. The number of aromatic nitrogens is 2. The molecule has 4 N–H and O–H groups in total. The van der Waals surface area contributed by atoms with E-state index in [1.54, 1.807) is 115 Å². The summed E-state index contributed by atoms with van der Waals surface area (Å²) >= 11 is 0. The van der Waals surface area contributed by atoms with E-state index >= 15 is 0 Å². The number of alkyl halides is 6. The van der Waals surface area contributed by atoms with Gasteiger partial charge in [0.1, 0.15) is 22.6 Å². The largest absolute Gasteiger partial charge is 0.444 e. The Labute approximate surface area is 495 Å². The molecule has 4 amide bonds. The number of rotatable bonds is 14. The van der Waals surface area contributed by atoms with Crippen LogP contribution in [0.15, 0.2) is 122 Å². The van der Waals surface area contributed by atoms with Crippen molar-refractivity contribution in [2.75, 3.05) is 49.3 Å². The average molecular weight is 1190 g/mol. The van der Waals surface area contributed by atoms with Gasteiger partial charge in [0, 0.05) is 49.9 Å². The number of nitrogens with one attached hydrogen (secondary N) is 4. The molecule has 6 aromatic rings. The number of halogens is 6. The molecule has 2 atom stereocenters. The molecule has 2 spiro atoms. The van der Waals surface area contributed by atoms with Crippen molar-refractivity contribution in [3.63, 3.8) is 0 Å². The molecule has 10 rings (SSSR count). The molecule has 456 valence electrons. The smallest absolute Gasteiger partial charge is 0.416 e. The zero-order valence-corrected chi connectivity index (χ0v) is 49.1. The van der Waals surface area contributed by atoms with Gasteiger partial charge >= 0.3 is 24.5 Å². The van der Waals surface area contributed by atoms with Gasteiger partial charge in [-0.2, -0.15) is 26.3 Å². The van der Waals surface area contributed by atoms with Gasteiger partial charge in [-0.05, 0) is 161 Å². The van der Waals surface area contributed by atoms with Gasteiger partial charge in [0.05, 0.1) is 60.7 Å². The number of anilines is 2. The van der Waals surface area contributed by atoms with Crippen molar-refractivity contribution in [2.24, 2.45) is 0 Å². The van der Waals surface area contributed by atoms with Gasteiger partial charge in [-0.25, -0.2) is 9.59 Å². The van der Waals surface area contributed by atoms with Crippen LogP contribution in [-0.2, 0) is 44.4 Å². The van der Waals surface area contributed by atoms with Crippen LogP contribution in [0.3, 0.4) is 0 Å². The first kappa shape index (κ1) is 62.3. The quantitative estimate of drug-likeness (QED) is 0.0758. The minimum Gasteiger partial charge on any atom is -0.444 e. The molecule has 4 aliphatic heterocycles. The third-order valence-electron chi connectivity index (χ3n) is 15.5. The van der Waals surface area contributed by atoms with Crippen LogP contribution in [-0.4, -0.2) is 95.8 Å². The van der Waals surface area contributed by atoms with Gasteiger partial charge in [0.15, 0.2) is 0 Å². The minimum absolute atomic E-state index is 0.0196. The van der Waals surface area contributed by atoms with Gasteiger partial charge in [0.25, 0.3) is 11.8 Å². The molecular weight excluding hydrogens is 1120 g/mol. The molecule has 2 aromatic heterocycles. The standard InChI is InChI=1S/2C32H35F3N4O4/c2*1-20(38-28(40)27-16-25(11-13-36-27)39-14-12-31(39)18-42-19-31)21-5-7-22(8-6-21)26-15-24(32(33,34)35)10-9-23(26)17-37-29(41)43-30(2,3)4/h2*5-11,13,15-16,20H,12,14,17-19H2,1-4H3,(H,37,41)(H,38,40)/t2*20-/m11/s1. The van der Waals surface area contributed by atoms with E-state index in [-0.39, 0.29) is 36.0 Å². The molecule has 22 heteroatoms. The number of pyridine rings is 2. The van der Waals surface area contributed by atoms with Gasteiger partial charge in [-0.1, -0.05) is 60.7 Å². The summed E-state index contributed by atoms with van der Waals surface area (Å²) in [6, 6.07) is 27.3. The number of hydrogen-bond acceptors (Lipinski definition) is 12. The second-order valence-electron chi connectivity index (χ2n) is 24.1. The Morgan fingerprint density at radius 2 is 0.895 bits per heavy atom. The van der Waals surface area contributed by atoms with E-state index < -0.39 is 59.0 Å². The molecule has 0 unspecified atom stereocenters. The average Bonchev–Trinajstić information content (AvgIpc) is 0.764. The summed E-state index contributed by atoms with van der Waals surface area (Å²) in [5, 5.41) is 11.1. The van der Waals surface area contributed by atoms with E-state index in [4.69, 9.17) is 18.9 Å². The number of alkyl carbamates (subject to hydrolysis) is 2. The van der Waals surface area contributed by atoms with Crippen LogP contribution >= 0.6 is 0 Å². The van der Waals surface area contributed by atoms with E-state index in [2.05, 4.69) is 41.0 Å². The predicted octanol–water partition coefficient (Wildman–Crippen LogP) is 12.5. The first-order valence-corrected chi connectivity index (χ1v) is 28.3. The SMILES string of the molecule is C[C@@H](NC(=O)c1cc(N2CCC23COC3)ccn1)c1ccc(-c2cc(C(F)(F)F)ccc2CNC(=O)OC(C)(C)C)cc1.C[C@@H](NC(=O)c1cc(N2CCC23COC3)ccn1)c1ccc(-c2cc(C(F)(F)F)ccc2CNC(=O)OC(C)(C)C)cc1. The Kier molecular flexibility index (Phi) is 17.8. The zero-order chi connectivity index (χ0) is 62.0. The number of hydrogen-bond donors (Lipinski definition) is 4. The number of amides is 4. The lowest BCUT2D eigenvalue weighted by atomic mass is 9.82. The number of ether oxygens (including phenoxy) is 4. The third-order valence-corrected chi connectivity index (χ3v) is 15.5. The maximum absolute atomic E-state index is 13.6. The summed E-state index contributed by atoms with van der Waals surface area (Å²) in [6.45, 7) is 18.5. The molecule has 0 bridgehead atoms. The van der Waals surface area contributed by atoms with Crippen molar-refractivity contribution < 1.29 is 64.5 Å². The van der Waals surface area contributed by atoms with Crippen molar-refractivity contribution in [1.29, 1.82) is 0 Å². The van der Waals surface area contributed by atoms with Crippen LogP contribution < -0.4 is 31.1 Å². The fourth-order valence-corrected chi connectivity index (χ4v) is 10.5. The minimum atomic E-state index is -4.53. The van der Waals surface area contributed by atoms with E-state index in [1.165, 1.54) is 12.1 Å². The maximum atomic E-state index is 13.6. The highest BCUT2D eigenvalue weighted by Gasteiger charge is 2.52. The molecule has 4 aromatic carbocycles. The highest BCUT2D eigenvalue weighted by Crippen LogP contribution is 2.43. The lowest BCUT2D eigenvalue weighted by Crippen LogP contribution is -2.71. The highest BCUT2D eigenvalue weighted by molar-refractivity contribution is 5.94. The zero-order valence-electron chi connectivity index (χ0n) is 49.1. The highest BCUT2D eigenvalue weighted by atomic mass is 19.4. The fourth-order valence-electron chi connectivity index (χ4n) is 10.5. The summed E-state index contributed by atoms with van der Waals surface area (Å²) in [5.41, 5.74) is 3.78. The molecule has 0 aliphatic carbocycles. The normalized spacial score (nSPS) is 16.6. The molecule has 4 aliphatic rings. The monoisotopic (exact) mass is 1190 g/mol. The Hall–Kier alpha value is -8.24. The summed E-state index contributed by atoms with van der Waals surface area (Å²) < 4.78 is 103. The van der Waals surface area contributed by atoms with Gasteiger partial charge in [0.2, 0.25) is 0 Å². The van der Waals surface area contributed by atoms with Crippen molar-refractivity contribution in [3.05, 3.63) is 166 Å². The Morgan fingerprint density at radius 1 is 0.535 bits per heavy atom.